The Morgan fingerprint density at radius 2 is 1.96 bits per heavy atom. The minimum Gasteiger partial charge on any atom is -0.476 e. The topological polar surface area (TPSA) is 93.2 Å². The largest absolute Gasteiger partial charge is 0.476 e. The summed E-state index contributed by atoms with van der Waals surface area (Å²) in [7, 11) is 1.96. The van der Waals surface area contributed by atoms with Crippen LogP contribution in [0.2, 0.25) is 0 Å². The zero-order chi connectivity index (χ0) is 18.3. The normalized spacial score (nSPS) is 15.5. The van der Waals surface area contributed by atoms with E-state index in [1.54, 1.807) is 4.68 Å². The Hall–Kier alpha value is -3.16. The number of aryl methyl sites for hydroxylation is 1. The molecule has 0 saturated carbocycles. The molecule has 1 amide bonds. The lowest BCUT2D eigenvalue weighted by Gasteiger charge is -2.32. The van der Waals surface area contributed by atoms with Crippen molar-refractivity contribution in [2.24, 2.45) is 7.05 Å². The van der Waals surface area contributed by atoms with Gasteiger partial charge in [-0.3, -0.25) is 4.79 Å². The number of piperidine rings is 1. The predicted octanol–water partition coefficient (Wildman–Crippen LogP) is 1.95. The molecule has 1 aliphatic heterocycles. The van der Waals surface area contributed by atoms with Crippen LogP contribution in [0.4, 0.5) is 0 Å². The molecule has 0 atom stereocenters. The van der Waals surface area contributed by atoms with Crippen molar-refractivity contribution >= 4 is 22.8 Å². The Bertz CT molecular complexity index is 982. The van der Waals surface area contributed by atoms with Crippen molar-refractivity contribution in [1.29, 1.82) is 0 Å². The highest BCUT2D eigenvalue weighted by Crippen LogP contribution is 2.26. The third kappa shape index (κ3) is 2.73. The number of carboxylic acids is 1. The number of carbonyl (C=O) groups excluding carboxylic acids is 1. The number of aromatic nitrogens is 4. The van der Waals surface area contributed by atoms with Crippen LogP contribution in [0.5, 0.6) is 0 Å². The lowest BCUT2D eigenvalue weighted by atomic mass is 10.0. The van der Waals surface area contributed by atoms with Crippen molar-refractivity contribution in [3.05, 3.63) is 47.9 Å². The highest BCUT2D eigenvalue weighted by Gasteiger charge is 2.26. The number of carbonyl (C=O) groups is 2. The molecule has 4 rings (SSSR count). The summed E-state index contributed by atoms with van der Waals surface area (Å²) in [6, 6.07) is 7.81. The third-order valence-electron chi connectivity index (χ3n) is 5.01. The van der Waals surface area contributed by atoms with Gasteiger partial charge in [-0.25, -0.2) is 9.48 Å². The molecule has 1 fully saturated rings. The maximum atomic E-state index is 13.0. The molecule has 8 nitrogen and oxygen atoms in total. The van der Waals surface area contributed by atoms with E-state index in [9.17, 15) is 9.59 Å². The van der Waals surface area contributed by atoms with Crippen LogP contribution in [0.25, 0.3) is 10.9 Å². The van der Waals surface area contributed by atoms with Crippen LogP contribution in [-0.2, 0) is 7.05 Å². The molecule has 0 bridgehead atoms. The van der Waals surface area contributed by atoms with Gasteiger partial charge in [-0.2, -0.15) is 0 Å². The number of amides is 1. The summed E-state index contributed by atoms with van der Waals surface area (Å²) in [6.45, 7) is 1.21. The van der Waals surface area contributed by atoms with E-state index in [4.69, 9.17) is 5.11 Å². The summed E-state index contributed by atoms with van der Waals surface area (Å²) in [4.78, 5) is 25.8. The minimum absolute atomic E-state index is 0.0325. The molecule has 1 N–H and O–H groups in total. The standard InChI is InChI=1S/C18H19N5O3/c1-21-8-7-13-14(3-2-4-16(13)21)17(24)22-9-5-12(6-10-22)23-11-15(18(25)26)19-20-23/h2-4,7-8,11-12H,5-6,9-10H2,1H3,(H,25,26). The van der Waals surface area contributed by atoms with Crippen molar-refractivity contribution in [1.82, 2.24) is 24.5 Å². The highest BCUT2D eigenvalue weighted by molar-refractivity contribution is 6.06. The number of hydrogen-bond donors (Lipinski definition) is 1. The van der Waals surface area contributed by atoms with Crippen LogP contribution in [0.1, 0.15) is 39.7 Å². The lowest BCUT2D eigenvalue weighted by molar-refractivity contribution is 0.0684. The number of likely N-dealkylation sites (tertiary alicyclic amines) is 1. The molecule has 1 aromatic carbocycles. The van der Waals surface area contributed by atoms with E-state index in [1.807, 2.05) is 47.0 Å². The SMILES string of the molecule is Cn1ccc2c(C(=O)N3CCC(n4cc(C(=O)O)nn4)CC3)cccc21. The zero-order valence-corrected chi connectivity index (χ0v) is 14.4. The van der Waals surface area contributed by atoms with Gasteiger partial charge in [-0.05, 0) is 31.0 Å². The Morgan fingerprint density at radius 3 is 2.65 bits per heavy atom. The van der Waals surface area contributed by atoms with Crippen LogP contribution >= 0.6 is 0 Å². The van der Waals surface area contributed by atoms with Crippen LogP contribution in [0.3, 0.4) is 0 Å². The predicted molar refractivity (Wildman–Crippen MR) is 94.1 cm³/mol. The van der Waals surface area contributed by atoms with Crippen LogP contribution in [0, 0.1) is 0 Å². The molecule has 0 spiro atoms. The van der Waals surface area contributed by atoms with Gasteiger partial charge >= 0.3 is 5.97 Å². The molecule has 0 radical (unpaired) electrons. The van der Waals surface area contributed by atoms with Gasteiger partial charge in [-0.1, -0.05) is 11.3 Å². The van der Waals surface area contributed by atoms with E-state index in [0.29, 0.717) is 13.1 Å². The lowest BCUT2D eigenvalue weighted by Crippen LogP contribution is -2.39. The van der Waals surface area contributed by atoms with E-state index in [0.717, 1.165) is 29.3 Å². The summed E-state index contributed by atoms with van der Waals surface area (Å²) < 4.78 is 3.60. The molecule has 0 unspecified atom stereocenters. The fourth-order valence-corrected chi connectivity index (χ4v) is 3.55. The van der Waals surface area contributed by atoms with Crippen molar-refractivity contribution in [3.8, 4) is 0 Å². The van der Waals surface area contributed by atoms with E-state index in [2.05, 4.69) is 10.3 Å². The average Bonchev–Trinajstić information content (AvgIpc) is 3.29. The molecule has 0 aliphatic carbocycles. The number of fused-ring (bicyclic) bond motifs is 1. The first kappa shape index (κ1) is 16.3. The van der Waals surface area contributed by atoms with Gasteiger partial charge in [0.05, 0.1) is 12.2 Å². The second-order valence-electron chi connectivity index (χ2n) is 6.58. The highest BCUT2D eigenvalue weighted by atomic mass is 16.4. The minimum atomic E-state index is -1.08. The first-order valence-corrected chi connectivity index (χ1v) is 8.53. The first-order chi connectivity index (χ1) is 12.5. The molecular formula is C18H19N5O3. The van der Waals surface area contributed by atoms with E-state index >= 15 is 0 Å². The maximum Gasteiger partial charge on any atom is 0.358 e. The number of rotatable bonds is 3. The van der Waals surface area contributed by atoms with Gasteiger partial charge in [0.2, 0.25) is 0 Å². The van der Waals surface area contributed by atoms with Crippen LogP contribution < -0.4 is 0 Å². The molecule has 3 heterocycles. The fourth-order valence-electron chi connectivity index (χ4n) is 3.55. The molecule has 3 aromatic rings. The van der Waals surface area contributed by atoms with E-state index < -0.39 is 5.97 Å². The summed E-state index contributed by atoms with van der Waals surface area (Å²) >= 11 is 0. The Kier molecular flexibility index (Phi) is 3.95. The van der Waals surface area contributed by atoms with Crippen LogP contribution in [-0.4, -0.2) is 54.5 Å². The van der Waals surface area contributed by atoms with Crippen molar-refractivity contribution in [2.75, 3.05) is 13.1 Å². The number of benzene rings is 1. The number of hydrogen-bond acceptors (Lipinski definition) is 4. The molecule has 2 aromatic heterocycles. The Morgan fingerprint density at radius 1 is 1.19 bits per heavy atom. The van der Waals surface area contributed by atoms with Crippen molar-refractivity contribution in [3.63, 3.8) is 0 Å². The van der Waals surface area contributed by atoms with Crippen molar-refractivity contribution in [2.45, 2.75) is 18.9 Å². The van der Waals surface area contributed by atoms with Gasteiger partial charge in [0, 0.05) is 42.8 Å². The second-order valence-corrected chi connectivity index (χ2v) is 6.58. The summed E-state index contributed by atoms with van der Waals surface area (Å²) in [5, 5.41) is 17.5. The summed E-state index contributed by atoms with van der Waals surface area (Å²) in [5.41, 5.74) is 1.70. The second kappa shape index (κ2) is 6.29. The first-order valence-electron chi connectivity index (χ1n) is 8.53. The fraction of sp³-hybridized carbons (Fsp3) is 0.333. The van der Waals surface area contributed by atoms with E-state index in [1.165, 1.54) is 6.20 Å². The smallest absolute Gasteiger partial charge is 0.358 e. The molecule has 26 heavy (non-hydrogen) atoms. The molecule has 8 heteroatoms. The monoisotopic (exact) mass is 353 g/mol. The number of carboxylic acid groups (broad SMARTS) is 1. The van der Waals surface area contributed by atoms with Gasteiger partial charge < -0.3 is 14.6 Å². The molecular weight excluding hydrogens is 334 g/mol. The molecule has 1 aliphatic rings. The Balaban J connectivity index is 1.48. The molecule has 134 valence electrons. The molecule has 1 saturated heterocycles. The van der Waals surface area contributed by atoms with Gasteiger partial charge in [0.25, 0.3) is 5.91 Å². The maximum absolute atomic E-state index is 13.0. The van der Waals surface area contributed by atoms with E-state index in [-0.39, 0.29) is 17.6 Å². The summed E-state index contributed by atoms with van der Waals surface area (Å²) in [5.74, 6) is -1.05. The summed E-state index contributed by atoms with van der Waals surface area (Å²) in [6.07, 6.45) is 4.85. The van der Waals surface area contributed by atoms with Gasteiger partial charge in [0.1, 0.15) is 0 Å². The van der Waals surface area contributed by atoms with Gasteiger partial charge in [-0.15, -0.1) is 5.10 Å². The average molecular weight is 353 g/mol. The number of nitrogens with zero attached hydrogens (tertiary/aromatic N) is 5. The quantitative estimate of drug-likeness (QED) is 0.777. The third-order valence-corrected chi connectivity index (χ3v) is 5.01. The van der Waals surface area contributed by atoms with Crippen molar-refractivity contribution < 1.29 is 14.7 Å². The Labute approximate surface area is 149 Å². The number of aromatic carboxylic acids is 1. The van der Waals surface area contributed by atoms with Crippen LogP contribution in [0.15, 0.2) is 36.7 Å². The zero-order valence-electron chi connectivity index (χ0n) is 14.4. The van der Waals surface area contributed by atoms with Gasteiger partial charge in [0.15, 0.2) is 5.69 Å².